The van der Waals surface area contributed by atoms with Gasteiger partial charge in [-0.3, -0.25) is 0 Å². The third-order valence-corrected chi connectivity index (χ3v) is 7.98. The van der Waals surface area contributed by atoms with Gasteiger partial charge in [0.2, 0.25) is 5.82 Å². The maximum Gasteiger partial charge on any atom is 0.416 e. The number of alkyl halides is 3. The normalized spacial score (nSPS) is 12.3. The Morgan fingerprint density at radius 1 is 0.426 bits per heavy atom. The second-order valence-corrected chi connectivity index (χ2v) is 10.9. The number of halogens is 18. The summed E-state index contributed by atoms with van der Waals surface area (Å²) >= 11 is 0. The number of ether oxygens (including phenoxy) is 1. The molecule has 282 valence electrons. The largest absolute Gasteiger partial charge is 0.497 e. The highest BCUT2D eigenvalue weighted by atomic mass is 19.4. The molecule has 1 nitrogen and oxygen atoms in total. The van der Waals surface area contributed by atoms with Crippen molar-refractivity contribution < 1.29 is 83.8 Å². The molecule has 0 heterocycles. The van der Waals surface area contributed by atoms with E-state index in [9.17, 15) is 52.7 Å². The molecule has 0 amide bonds. The molecule has 0 spiro atoms. The minimum atomic E-state index is -5.15. The first-order valence-electron chi connectivity index (χ1n) is 14.3. The summed E-state index contributed by atoms with van der Waals surface area (Å²) in [6.45, 7) is -3.99. The molecule has 0 saturated heterocycles. The Kier molecular flexibility index (Phi) is 10.5. The van der Waals surface area contributed by atoms with Crippen LogP contribution in [-0.4, -0.2) is 13.8 Å². The average Bonchev–Trinajstić information content (AvgIpc) is 3.15. The molecule has 0 unspecified atom stereocenters. The highest BCUT2D eigenvalue weighted by molar-refractivity contribution is 7.01. The zero-order valence-corrected chi connectivity index (χ0v) is 25.9. The lowest BCUT2D eigenvalue weighted by molar-refractivity contribution is -0.137. The van der Waals surface area contributed by atoms with Gasteiger partial charge in [0.1, 0.15) is 5.75 Å². The van der Waals surface area contributed by atoms with Crippen LogP contribution in [-0.2, 0) is 6.18 Å². The van der Waals surface area contributed by atoms with Crippen molar-refractivity contribution in [3.8, 4) is 5.75 Å². The molecule has 20 heteroatoms. The van der Waals surface area contributed by atoms with Gasteiger partial charge in [0.15, 0.2) is 81.4 Å². The molecule has 0 saturated carbocycles. The summed E-state index contributed by atoms with van der Waals surface area (Å²) < 4.78 is 272. The van der Waals surface area contributed by atoms with E-state index >= 15 is 26.3 Å². The molecule has 0 radical (unpaired) electrons. The number of methoxy groups -OCH3 is 1. The van der Waals surface area contributed by atoms with E-state index in [1.54, 1.807) is 0 Å². The van der Waals surface area contributed by atoms with Gasteiger partial charge >= 0.3 is 6.18 Å². The van der Waals surface area contributed by atoms with Crippen LogP contribution in [0.5, 0.6) is 5.75 Å². The molecule has 0 fully saturated rings. The maximum atomic E-state index is 15.9. The molecular weight excluding hydrogens is 777 g/mol. The van der Waals surface area contributed by atoms with Crippen molar-refractivity contribution in [1.29, 1.82) is 0 Å². The fourth-order valence-corrected chi connectivity index (χ4v) is 5.50. The molecule has 54 heavy (non-hydrogen) atoms. The summed E-state index contributed by atoms with van der Waals surface area (Å²) in [6, 6.07) is 4.47. The number of hydrogen-bond acceptors (Lipinski definition) is 1. The molecule has 0 aliphatic carbocycles. The maximum absolute atomic E-state index is 15.9. The van der Waals surface area contributed by atoms with Crippen LogP contribution in [0.2, 0.25) is 0 Å². The molecule has 5 aromatic carbocycles. The summed E-state index contributed by atoms with van der Waals surface area (Å²) in [5.41, 5.74) is -14.6. The van der Waals surface area contributed by atoms with Gasteiger partial charge in [0.25, 0.3) is 6.71 Å². The Labute approximate surface area is 289 Å². The van der Waals surface area contributed by atoms with Crippen molar-refractivity contribution in [3.63, 3.8) is 0 Å². The van der Waals surface area contributed by atoms with Crippen molar-refractivity contribution in [2.45, 2.75) is 6.18 Å². The van der Waals surface area contributed by atoms with Crippen molar-refractivity contribution >= 4 is 28.7 Å². The third kappa shape index (κ3) is 6.40. The zero-order chi connectivity index (χ0) is 40.3. The van der Waals surface area contributed by atoms with Crippen LogP contribution in [0.25, 0.3) is 11.0 Å². The van der Waals surface area contributed by atoms with E-state index in [-0.39, 0.29) is 17.9 Å². The van der Waals surface area contributed by atoms with E-state index in [4.69, 9.17) is 4.74 Å². The lowest BCUT2D eigenvalue weighted by Gasteiger charge is -2.27. The van der Waals surface area contributed by atoms with Gasteiger partial charge in [-0.05, 0) is 46.4 Å². The van der Waals surface area contributed by atoms with Gasteiger partial charge in [-0.15, -0.1) is 0 Å². The van der Waals surface area contributed by atoms with E-state index in [0.29, 0.717) is 12.1 Å². The molecule has 5 rings (SSSR count). The molecular formula is C34H11BF18O. The van der Waals surface area contributed by atoms with Crippen molar-refractivity contribution in [1.82, 2.24) is 0 Å². The first-order valence-corrected chi connectivity index (χ1v) is 14.3. The Morgan fingerprint density at radius 3 is 1.04 bits per heavy atom. The van der Waals surface area contributed by atoms with E-state index in [1.807, 2.05) is 0 Å². The fourth-order valence-electron chi connectivity index (χ4n) is 5.50. The van der Waals surface area contributed by atoms with Crippen LogP contribution in [0.3, 0.4) is 0 Å². The van der Waals surface area contributed by atoms with Crippen LogP contribution in [0.15, 0.2) is 48.5 Å². The second-order valence-electron chi connectivity index (χ2n) is 10.9. The monoisotopic (exact) mass is 788 g/mol. The van der Waals surface area contributed by atoms with Crippen LogP contribution >= 0.6 is 0 Å². The first kappa shape index (κ1) is 39.6. The Hall–Kier alpha value is -5.56. The molecule has 0 bridgehead atoms. The quantitative estimate of drug-likeness (QED) is 0.0525. The van der Waals surface area contributed by atoms with Gasteiger partial charge in [0, 0.05) is 16.5 Å². The molecule has 0 aromatic heterocycles. The van der Waals surface area contributed by atoms with E-state index < -0.39 is 144 Å². The number of benzene rings is 5. The topological polar surface area (TPSA) is 9.23 Å². The standard InChI is InChI=1S/C34H11BF18O/c1-54-13-8-4-11(5-9-13)14(10-2-6-12(7-3-10)34(51,52)53)16(15-19(36)25(42)31(48)26(43)20(15)37)35(17-21(38)27(44)32(49)28(45)22(17)39)18-23(40)29(46)33(50)30(47)24(18)41/h2-9H,1H3/b16-14-. The SMILES string of the molecule is COc1ccc(/C(=C(\B(c2c(F)c(F)c(F)c(F)c2F)c2c(F)c(F)c(F)c(F)c2F)c2c(F)c(F)c(F)c(F)c2F)c2ccc(C(F)(F)F)cc2)cc1. The Bertz CT molecular complexity index is 2200. The number of hydrogen-bond donors (Lipinski definition) is 0. The summed E-state index contributed by atoms with van der Waals surface area (Å²) in [5, 5.41) is 0. The fraction of sp³-hybridized carbons (Fsp3) is 0.0588. The van der Waals surface area contributed by atoms with Gasteiger partial charge in [-0.1, -0.05) is 24.3 Å². The minimum Gasteiger partial charge on any atom is -0.497 e. The lowest BCUT2D eigenvalue weighted by atomic mass is 9.33. The van der Waals surface area contributed by atoms with Crippen LogP contribution in [0.4, 0.5) is 79.0 Å². The molecule has 0 aliphatic rings. The zero-order valence-electron chi connectivity index (χ0n) is 25.9. The highest BCUT2D eigenvalue weighted by Gasteiger charge is 2.46. The van der Waals surface area contributed by atoms with Crippen molar-refractivity contribution in [3.05, 3.63) is 158 Å². The predicted molar refractivity (Wildman–Crippen MR) is 154 cm³/mol. The van der Waals surface area contributed by atoms with Gasteiger partial charge in [-0.25, -0.2) is 65.9 Å². The second kappa shape index (κ2) is 14.4. The van der Waals surface area contributed by atoms with Gasteiger partial charge in [-0.2, -0.15) is 13.2 Å². The average molecular weight is 788 g/mol. The Morgan fingerprint density at radius 2 is 0.722 bits per heavy atom. The van der Waals surface area contributed by atoms with E-state index in [0.717, 1.165) is 31.4 Å². The van der Waals surface area contributed by atoms with E-state index in [2.05, 4.69) is 0 Å². The lowest BCUT2D eigenvalue weighted by Crippen LogP contribution is -2.52. The summed E-state index contributed by atoms with van der Waals surface area (Å²) in [4.78, 5) is 0. The smallest absolute Gasteiger partial charge is 0.416 e. The van der Waals surface area contributed by atoms with Gasteiger partial charge in [0.05, 0.1) is 12.7 Å². The van der Waals surface area contributed by atoms with Crippen molar-refractivity contribution in [2.75, 3.05) is 7.11 Å². The number of rotatable bonds is 7. The van der Waals surface area contributed by atoms with Crippen LogP contribution < -0.4 is 15.7 Å². The third-order valence-electron chi connectivity index (χ3n) is 7.98. The highest BCUT2D eigenvalue weighted by Crippen LogP contribution is 2.41. The van der Waals surface area contributed by atoms with Crippen LogP contribution in [0.1, 0.15) is 22.3 Å². The molecule has 0 N–H and O–H groups in total. The predicted octanol–water partition coefficient (Wildman–Crippen LogP) is 9.61. The molecule has 0 aliphatic heterocycles. The van der Waals surface area contributed by atoms with Gasteiger partial charge < -0.3 is 4.74 Å². The van der Waals surface area contributed by atoms with E-state index in [1.165, 1.54) is 0 Å². The minimum absolute atomic E-state index is 0.126. The Balaban J connectivity index is 2.22. The first-order chi connectivity index (χ1) is 25.2. The summed E-state index contributed by atoms with van der Waals surface area (Å²) in [6.07, 6.45) is -5.15. The van der Waals surface area contributed by atoms with Crippen molar-refractivity contribution in [2.24, 2.45) is 0 Å². The summed E-state index contributed by atoms with van der Waals surface area (Å²) in [5.74, 6) is -45.8. The summed E-state index contributed by atoms with van der Waals surface area (Å²) in [7, 11) is 1.06. The molecule has 5 aromatic rings. The molecule has 0 atom stereocenters. The van der Waals surface area contributed by atoms with Crippen LogP contribution in [0, 0.1) is 87.3 Å².